The first-order chi connectivity index (χ1) is 14.6. The summed E-state index contributed by atoms with van der Waals surface area (Å²) in [6, 6.07) is 17.9. The summed E-state index contributed by atoms with van der Waals surface area (Å²) in [7, 11) is 0. The highest BCUT2D eigenvalue weighted by Gasteiger charge is 2.15. The van der Waals surface area contributed by atoms with E-state index in [4.69, 9.17) is 9.47 Å². The first-order valence-electron chi connectivity index (χ1n) is 10.5. The molecule has 0 atom stereocenters. The van der Waals surface area contributed by atoms with E-state index >= 15 is 0 Å². The molecule has 0 unspecified atom stereocenters. The Hall–Kier alpha value is -2.88. The van der Waals surface area contributed by atoms with Gasteiger partial charge in [0.1, 0.15) is 6.61 Å². The topological polar surface area (TPSA) is 18.5 Å². The highest BCUT2D eigenvalue weighted by Crippen LogP contribution is 2.38. The van der Waals surface area contributed by atoms with Crippen LogP contribution in [-0.4, -0.2) is 13.2 Å². The summed E-state index contributed by atoms with van der Waals surface area (Å²) in [5.74, 6) is 0.384. The number of allylic oxidation sites excluding steroid dienone is 1. The van der Waals surface area contributed by atoms with E-state index < -0.39 is 6.61 Å². The van der Waals surface area contributed by atoms with Gasteiger partial charge in [0.2, 0.25) is 0 Å². The molecule has 0 radical (unpaired) electrons. The van der Waals surface area contributed by atoms with Crippen LogP contribution in [0.4, 0.5) is 8.78 Å². The van der Waals surface area contributed by atoms with Crippen molar-refractivity contribution in [2.75, 3.05) is 6.61 Å². The second-order valence-electron chi connectivity index (χ2n) is 7.24. The van der Waals surface area contributed by atoms with E-state index in [0.29, 0.717) is 17.7 Å². The molecule has 4 heteroatoms. The van der Waals surface area contributed by atoms with Crippen LogP contribution in [0.2, 0.25) is 0 Å². The third-order valence-corrected chi connectivity index (χ3v) is 5.07. The van der Waals surface area contributed by atoms with Crippen molar-refractivity contribution in [2.45, 2.75) is 46.1 Å². The number of alkyl halides is 2. The number of rotatable bonds is 10. The van der Waals surface area contributed by atoms with Crippen LogP contribution in [0.1, 0.15) is 38.7 Å². The van der Waals surface area contributed by atoms with Crippen LogP contribution in [0.15, 0.2) is 66.7 Å². The molecule has 0 aliphatic carbocycles. The van der Waals surface area contributed by atoms with Crippen LogP contribution in [0.25, 0.3) is 21.9 Å². The van der Waals surface area contributed by atoms with Crippen molar-refractivity contribution in [3.8, 4) is 22.6 Å². The maximum Gasteiger partial charge on any atom is 0.387 e. The molecule has 0 N–H and O–H groups in total. The van der Waals surface area contributed by atoms with E-state index in [2.05, 4.69) is 31.2 Å². The summed E-state index contributed by atoms with van der Waals surface area (Å²) in [4.78, 5) is 0. The number of ether oxygens (including phenoxy) is 2. The Morgan fingerprint density at radius 2 is 1.70 bits per heavy atom. The van der Waals surface area contributed by atoms with Gasteiger partial charge in [-0.25, -0.2) is 0 Å². The number of unbranched alkanes of at least 4 members (excludes halogenated alkanes) is 2. The molecule has 2 nitrogen and oxygen atoms in total. The van der Waals surface area contributed by atoms with E-state index in [-0.39, 0.29) is 5.75 Å². The number of hydrogen-bond acceptors (Lipinski definition) is 2. The average molecular weight is 411 g/mol. The normalized spacial score (nSPS) is 11.5. The van der Waals surface area contributed by atoms with Crippen LogP contribution >= 0.6 is 0 Å². The summed E-state index contributed by atoms with van der Waals surface area (Å²) >= 11 is 0. The highest BCUT2D eigenvalue weighted by atomic mass is 19.3. The van der Waals surface area contributed by atoms with Crippen LogP contribution in [0, 0.1) is 0 Å². The van der Waals surface area contributed by atoms with Gasteiger partial charge in [0.05, 0.1) is 0 Å². The zero-order valence-electron chi connectivity index (χ0n) is 17.5. The van der Waals surface area contributed by atoms with Gasteiger partial charge in [-0.1, -0.05) is 68.3 Å². The first-order valence-corrected chi connectivity index (χ1v) is 10.5. The lowest BCUT2D eigenvalue weighted by atomic mass is 9.98. The Morgan fingerprint density at radius 1 is 0.933 bits per heavy atom. The number of halogens is 2. The lowest BCUT2D eigenvalue weighted by Crippen LogP contribution is -2.05. The molecule has 0 aromatic heterocycles. The fourth-order valence-electron chi connectivity index (χ4n) is 3.46. The van der Waals surface area contributed by atoms with Gasteiger partial charge in [-0.3, -0.25) is 0 Å². The maximum absolute atomic E-state index is 13.0. The number of fused-ring (bicyclic) bond motifs is 1. The fraction of sp³-hybridized carbons (Fsp3) is 0.308. The Labute approximate surface area is 177 Å². The molecule has 3 rings (SSSR count). The minimum atomic E-state index is -2.92. The predicted molar refractivity (Wildman–Crippen MR) is 120 cm³/mol. The Kier molecular flexibility index (Phi) is 7.83. The van der Waals surface area contributed by atoms with Crippen LogP contribution in [-0.2, 0) is 6.42 Å². The monoisotopic (exact) mass is 410 g/mol. The molecule has 0 heterocycles. The van der Waals surface area contributed by atoms with E-state index in [1.54, 1.807) is 6.07 Å². The van der Waals surface area contributed by atoms with E-state index in [1.165, 1.54) is 24.8 Å². The van der Waals surface area contributed by atoms with Gasteiger partial charge >= 0.3 is 6.61 Å². The minimum absolute atomic E-state index is 0.0739. The molecule has 3 aromatic carbocycles. The van der Waals surface area contributed by atoms with Crippen molar-refractivity contribution in [2.24, 2.45) is 0 Å². The van der Waals surface area contributed by atoms with Crippen molar-refractivity contribution in [1.82, 2.24) is 0 Å². The van der Waals surface area contributed by atoms with Crippen molar-refractivity contribution in [1.29, 1.82) is 0 Å². The second-order valence-corrected chi connectivity index (χ2v) is 7.24. The maximum atomic E-state index is 13.0. The Morgan fingerprint density at radius 3 is 2.40 bits per heavy atom. The minimum Gasteiger partial charge on any atom is -0.486 e. The zero-order valence-corrected chi connectivity index (χ0v) is 17.5. The van der Waals surface area contributed by atoms with Gasteiger partial charge in [0, 0.05) is 5.39 Å². The van der Waals surface area contributed by atoms with E-state index in [0.717, 1.165) is 22.9 Å². The molecule has 30 heavy (non-hydrogen) atoms. The molecule has 0 fully saturated rings. The summed E-state index contributed by atoms with van der Waals surface area (Å²) in [6.45, 7) is 1.46. The number of aryl methyl sites for hydroxylation is 1. The van der Waals surface area contributed by atoms with Gasteiger partial charge in [-0.2, -0.15) is 8.78 Å². The van der Waals surface area contributed by atoms with Crippen molar-refractivity contribution in [3.05, 3.63) is 72.3 Å². The molecule has 0 amide bonds. The molecular weight excluding hydrogens is 382 g/mol. The number of benzene rings is 3. The molecule has 158 valence electrons. The van der Waals surface area contributed by atoms with Gasteiger partial charge in [0.15, 0.2) is 11.5 Å². The number of hydrogen-bond donors (Lipinski definition) is 0. The molecule has 0 bridgehead atoms. The van der Waals surface area contributed by atoms with Crippen molar-refractivity contribution in [3.63, 3.8) is 0 Å². The van der Waals surface area contributed by atoms with Crippen LogP contribution < -0.4 is 9.47 Å². The SMILES string of the molecule is CC=CCOc1ccc2cc(-c3ccc(CCCCC)cc3)ccc2c1OC(F)F. The van der Waals surface area contributed by atoms with Gasteiger partial charge in [0.25, 0.3) is 0 Å². The highest BCUT2D eigenvalue weighted by molar-refractivity contribution is 5.93. The third-order valence-electron chi connectivity index (χ3n) is 5.07. The third kappa shape index (κ3) is 5.59. The molecular formula is C26H28F2O2. The van der Waals surface area contributed by atoms with Crippen LogP contribution in [0.5, 0.6) is 11.5 Å². The van der Waals surface area contributed by atoms with Crippen molar-refractivity contribution < 1.29 is 18.3 Å². The second kappa shape index (κ2) is 10.8. The van der Waals surface area contributed by atoms with E-state index in [9.17, 15) is 8.78 Å². The Balaban J connectivity index is 1.89. The quantitative estimate of drug-likeness (QED) is 0.251. The Bertz CT molecular complexity index is 978. The van der Waals surface area contributed by atoms with Crippen molar-refractivity contribution >= 4 is 10.8 Å². The largest absolute Gasteiger partial charge is 0.486 e. The molecule has 0 aliphatic heterocycles. The molecule has 0 saturated carbocycles. The summed E-state index contributed by atoms with van der Waals surface area (Å²) in [6.07, 6.45) is 8.42. The summed E-state index contributed by atoms with van der Waals surface area (Å²) < 4.78 is 36.5. The lowest BCUT2D eigenvalue weighted by molar-refractivity contribution is -0.0502. The predicted octanol–water partition coefficient (Wildman–Crippen LogP) is 7.80. The van der Waals surface area contributed by atoms with Gasteiger partial charge in [-0.15, -0.1) is 0 Å². The molecule has 0 spiro atoms. The molecule has 0 aliphatic rings. The van der Waals surface area contributed by atoms with Crippen LogP contribution in [0.3, 0.4) is 0 Å². The van der Waals surface area contributed by atoms with Gasteiger partial charge in [-0.05, 0) is 60.0 Å². The first kappa shape index (κ1) is 21.8. The molecule has 3 aromatic rings. The standard InChI is InChI=1S/C26H28F2O2/c1-3-5-7-8-19-9-11-20(12-10-19)21-13-15-23-22(18-21)14-16-24(29-17-6-4-2)25(23)30-26(27)28/h4,6,9-16,18,26H,3,5,7-8,17H2,1-2H3. The lowest BCUT2D eigenvalue weighted by Gasteiger charge is -2.15. The summed E-state index contributed by atoms with van der Waals surface area (Å²) in [5, 5.41) is 1.43. The van der Waals surface area contributed by atoms with E-state index in [1.807, 2.05) is 43.3 Å². The summed E-state index contributed by atoms with van der Waals surface area (Å²) in [5.41, 5.74) is 3.47. The zero-order chi connectivity index (χ0) is 21.3. The average Bonchev–Trinajstić information content (AvgIpc) is 2.75. The van der Waals surface area contributed by atoms with Gasteiger partial charge < -0.3 is 9.47 Å². The smallest absolute Gasteiger partial charge is 0.387 e. The molecule has 0 saturated heterocycles. The fourth-order valence-corrected chi connectivity index (χ4v) is 3.46.